The predicted octanol–water partition coefficient (Wildman–Crippen LogP) is 6.40. The third-order valence-electron chi connectivity index (χ3n) is 16.2. The van der Waals surface area contributed by atoms with Gasteiger partial charge in [0.15, 0.2) is 0 Å². The number of hydrogen-bond donors (Lipinski definition) is 3. The number of hydrogen-bond acceptors (Lipinski definition) is 8. The number of tetrazole rings is 1. The smallest absolute Gasteiger partial charge is 0.307 e. The molecule has 6 rings (SSSR count). The van der Waals surface area contributed by atoms with E-state index in [1.165, 1.54) is 5.57 Å². The highest BCUT2D eigenvalue weighted by molar-refractivity contribution is 5.73. The van der Waals surface area contributed by atoms with Gasteiger partial charge in [-0.15, -0.1) is 5.10 Å². The number of fused-ring (bicyclic) bond motifs is 3. The fraction of sp³-hybridized carbons (Fsp3) is 0.895. The van der Waals surface area contributed by atoms with E-state index in [-0.39, 0.29) is 50.7 Å². The monoisotopic (exact) mass is 668 g/mol. The van der Waals surface area contributed by atoms with Crippen LogP contribution in [0, 0.1) is 62.6 Å². The summed E-state index contributed by atoms with van der Waals surface area (Å²) in [6, 6.07) is -0.165. The fourth-order valence-electron chi connectivity index (χ4n) is 12.3. The Morgan fingerprint density at radius 2 is 1.85 bits per heavy atom. The lowest BCUT2D eigenvalue weighted by Crippen LogP contribution is -2.69. The fourth-order valence-corrected chi connectivity index (χ4v) is 12.3. The summed E-state index contributed by atoms with van der Waals surface area (Å²) in [6.07, 6.45) is 7.96. The number of nitrogens with one attached hydrogen (secondary N) is 1. The van der Waals surface area contributed by atoms with Crippen molar-refractivity contribution in [3.05, 3.63) is 11.6 Å². The highest BCUT2D eigenvalue weighted by Gasteiger charge is 2.72. The number of carbonyl (C=O) groups is 1. The van der Waals surface area contributed by atoms with Crippen molar-refractivity contribution in [2.24, 2.45) is 62.6 Å². The van der Waals surface area contributed by atoms with Crippen LogP contribution in [0.1, 0.15) is 114 Å². The number of allylic oxidation sites excluding steroid dienone is 1. The Hall–Kier alpha value is -2.04. The normalized spacial score (nSPS) is 44.3. The van der Waals surface area contributed by atoms with Crippen LogP contribution in [-0.2, 0) is 14.3 Å². The van der Waals surface area contributed by atoms with Gasteiger partial charge in [-0.05, 0) is 104 Å². The molecule has 4 N–H and O–H groups in total. The van der Waals surface area contributed by atoms with E-state index in [9.17, 15) is 9.90 Å². The van der Waals surface area contributed by atoms with Gasteiger partial charge in [0.25, 0.3) is 5.95 Å². The van der Waals surface area contributed by atoms with Gasteiger partial charge in [0.2, 0.25) is 0 Å². The zero-order valence-electron chi connectivity index (χ0n) is 31.6. The number of nitrogens with zero attached hydrogens (tertiary/aromatic N) is 4. The summed E-state index contributed by atoms with van der Waals surface area (Å²) in [6.45, 7) is 24.7. The molecule has 0 unspecified atom stereocenters. The van der Waals surface area contributed by atoms with Gasteiger partial charge in [0.1, 0.15) is 6.04 Å². The zero-order valence-corrected chi connectivity index (χ0v) is 31.6. The van der Waals surface area contributed by atoms with Gasteiger partial charge in [0, 0.05) is 16.4 Å². The molecule has 3 saturated carbocycles. The van der Waals surface area contributed by atoms with E-state index >= 15 is 0 Å². The van der Waals surface area contributed by atoms with Crippen LogP contribution in [0.25, 0.3) is 0 Å². The Morgan fingerprint density at radius 3 is 2.44 bits per heavy atom. The van der Waals surface area contributed by atoms with E-state index in [2.05, 4.69) is 96.0 Å². The molecule has 1 saturated heterocycles. The molecule has 12 atom stereocenters. The summed E-state index contributed by atoms with van der Waals surface area (Å²) >= 11 is 0. The molecule has 10 nitrogen and oxygen atoms in total. The predicted molar refractivity (Wildman–Crippen MR) is 187 cm³/mol. The maximum absolute atomic E-state index is 13.4. The molecule has 0 radical (unpaired) electrons. The Morgan fingerprint density at radius 1 is 1.15 bits per heavy atom. The first-order valence-corrected chi connectivity index (χ1v) is 18.7. The summed E-state index contributed by atoms with van der Waals surface area (Å²) in [5, 5.41) is 27.8. The Balaban J connectivity index is 1.44. The molecule has 270 valence electrons. The van der Waals surface area contributed by atoms with Gasteiger partial charge >= 0.3 is 5.97 Å². The SMILES string of the molecule is CN[C@@](C)(CO[C@H]1[C@H](n2nnc(N)n2)C[C@@]23COC[C@@]1(C)[C@@H]2CC[C@H]1C3=CC[C@@]2(C)[C@H](C(=O)O)[C@@](C)([C@H](C)C(C)C)CC[C@]12C)C(C)C. The second-order valence-electron chi connectivity index (χ2n) is 18.6. The van der Waals surface area contributed by atoms with Crippen LogP contribution in [0.5, 0.6) is 0 Å². The molecule has 1 aromatic heterocycles. The number of aliphatic carboxylic acids is 1. The summed E-state index contributed by atoms with van der Waals surface area (Å²) in [7, 11) is 2.01. The summed E-state index contributed by atoms with van der Waals surface area (Å²) < 4.78 is 13.8. The zero-order chi connectivity index (χ0) is 35.2. The maximum Gasteiger partial charge on any atom is 0.307 e. The summed E-state index contributed by atoms with van der Waals surface area (Å²) in [4.78, 5) is 15.2. The number of aromatic nitrogens is 4. The van der Waals surface area contributed by atoms with Crippen molar-refractivity contribution < 1.29 is 19.4 Å². The molecular formula is C38H64N6O4. The molecule has 0 aromatic carbocycles. The minimum absolute atomic E-state index is 0.144. The summed E-state index contributed by atoms with van der Waals surface area (Å²) in [5.74, 6) is 0.886. The Labute approximate surface area is 288 Å². The van der Waals surface area contributed by atoms with Crippen LogP contribution in [0.2, 0.25) is 0 Å². The average Bonchev–Trinajstić information content (AvgIpc) is 3.45. The number of nitrogen functional groups attached to an aromatic ring is 1. The number of rotatable bonds is 9. The van der Waals surface area contributed by atoms with E-state index in [1.54, 1.807) is 4.80 Å². The number of likely N-dealkylation sites (N-methyl/N-ethyl adjacent to an activating group) is 1. The number of carboxylic acid groups (broad SMARTS) is 1. The minimum atomic E-state index is -0.627. The number of carboxylic acids is 1. The van der Waals surface area contributed by atoms with Crippen molar-refractivity contribution in [1.29, 1.82) is 0 Å². The molecular weight excluding hydrogens is 604 g/mol. The molecule has 1 aromatic rings. The highest BCUT2D eigenvalue weighted by atomic mass is 16.5. The summed E-state index contributed by atoms with van der Waals surface area (Å²) in [5.41, 5.74) is 6.10. The van der Waals surface area contributed by atoms with Gasteiger partial charge in [0.05, 0.1) is 31.8 Å². The van der Waals surface area contributed by atoms with Gasteiger partial charge in [-0.25, -0.2) is 0 Å². The second-order valence-corrected chi connectivity index (χ2v) is 18.6. The first-order chi connectivity index (χ1) is 22.3. The maximum atomic E-state index is 13.4. The first-order valence-electron chi connectivity index (χ1n) is 18.7. The molecule has 2 heterocycles. The molecule has 2 bridgehead atoms. The van der Waals surface area contributed by atoms with Crippen LogP contribution >= 0.6 is 0 Å². The molecule has 10 heteroatoms. The molecule has 4 aliphatic carbocycles. The van der Waals surface area contributed by atoms with Crippen LogP contribution in [0.4, 0.5) is 5.95 Å². The van der Waals surface area contributed by atoms with Crippen molar-refractivity contribution in [3.63, 3.8) is 0 Å². The third kappa shape index (κ3) is 4.80. The van der Waals surface area contributed by atoms with E-state index in [0.29, 0.717) is 49.4 Å². The van der Waals surface area contributed by atoms with Gasteiger partial charge in [-0.2, -0.15) is 4.80 Å². The van der Waals surface area contributed by atoms with Crippen molar-refractivity contribution in [3.8, 4) is 0 Å². The number of nitrogens with two attached hydrogens (primary N) is 1. The standard InChI is InChI=1S/C38H64N6O4/c1-22(2)24(5)33(6)16-17-35(8)25-12-13-28-34(7)19-47-21-38(28,26(25)14-15-36(35,9)29(33)31(45)46)18-27(44-42-32(39)41-43-44)30(34)48-20-37(10,40-11)23(3)4/h14,22-25,27-30,40H,12-13,15-21H2,1-11H3,(H2,39,42)(H,45,46)/t24-,25+,27-,28+,29-,30+,33-,34+,35-,36+,37+,38+/m1/s1. The van der Waals surface area contributed by atoms with Gasteiger partial charge < -0.3 is 25.6 Å². The molecule has 5 aliphatic rings. The minimum Gasteiger partial charge on any atom is -0.481 e. The van der Waals surface area contributed by atoms with Crippen LogP contribution < -0.4 is 11.1 Å². The van der Waals surface area contributed by atoms with Crippen LogP contribution in [0.3, 0.4) is 0 Å². The van der Waals surface area contributed by atoms with Crippen molar-refractivity contribution in [2.75, 3.05) is 32.6 Å². The number of ether oxygens (including phenoxy) is 2. The van der Waals surface area contributed by atoms with Crippen molar-refractivity contribution in [2.45, 2.75) is 125 Å². The Kier molecular flexibility index (Phi) is 8.76. The van der Waals surface area contributed by atoms with Crippen molar-refractivity contribution >= 4 is 11.9 Å². The second kappa shape index (κ2) is 11.8. The lowest BCUT2D eigenvalue weighted by molar-refractivity contribution is -0.254. The average molecular weight is 669 g/mol. The first kappa shape index (κ1) is 35.8. The van der Waals surface area contributed by atoms with Gasteiger partial charge in [-0.3, -0.25) is 4.79 Å². The van der Waals surface area contributed by atoms with E-state index in [0.717, 1.165) is 38.5 Å². The number of anilines is 1. The lowest BCUT2D eigenvalue weighted by atomic mass is 9.34. The van der Waals surface area contributed by atoms with Crippen molar-refractivity contribution in [1.82, 2.24) is 25.5 Å². The molecule has 48 heavy (non-hydrogen) atoms. The van der Waals surface area contributed by atoms with Crippen LogP contribution in [-0.4, -0.2) is 69.8 Å². The lowest BCUT2D eigenvalue weighted by Gasteiger charge is -2.71. The highest BCUT2D eigenvalue weighted by Crippen LogP contribution is 2.75. The van der Waals surface area contributed by atoms with E-state index in [4.69, 9.17) is 15.2 Å². The Bertz CT molecular complexity index is 1430. The molecule has 0 spiro atoms. The quantitative estimate of drug-likeness (QED) is 0.255. The van der Waals surface area contributed by atoms with E-state index in [1.807, 2.05) is 7.05 Å². The third-order valence-corrected chi connectivity index (χ3v) is 16.2. The van der Waals surface area contributed by atoms with Gasteiger partial charge in [-0.1, -0.05) is 79.1 Å². The topological polar surface area (TPSA) is 137 Å². The molecule has 0 amide bonds. The largest absolute Gasteiger partial charge is 0.481 e. The molecule has 4 fully saturated rings. The van der Waals surface area contributed by atoms with Crippen LogP contribution in [0.15, 0.2) is 11.6 Å². The van der Waals surface area contributed by atoms with E-state index < -0.39 is 11.9 Å². The molecule has 1 aliphatic heterocycles.